The van der Waals surface area contributed by atoms with Crippen LogP contribution in [0.2, 0.25) is 0 Å². The highest BCUT2D eigenvalue weighted by atomic mass is 35.5. The second kappa shape index (κ2) is 3.58. The van der Waals surface area contributed by atoms with Gasteiger partial charge >= 0.3 is 12.3 Å². The van der Waals surface area contributed by atoms with E-state index in [0.29, 0.717) is 0 Å². The molecule has 0 radical (unpaired) electrons. The summed E-state index contributed by atoms with van der Waals surface area (Å²) < 4.78 is 58.2. The normalized spacial score (nSPS) is 15.3. The van der Waals surface area contributed by atoms with Crippen molar-refractivity contribution < 1.29 is 22.0 Å². The monoisotopic (exact) mass is 214 g/mol. The van der Waals surface area contributed by atoms with Gasteiger partial charge in [-0.25, -0.2) is 8.78 Å². The molecular formula is C4HCl2F5. The Balaban J connectivity index is 4.70. The number of hydrogen-bond acceptors (Lipinski definition) is 0. The molecule has 0 spiro atoms. The Kier molecular flexibility index (Phi) is 3.57. The van der Waals surface area contributed by atoms with E-state index in [1.165, 1.54) is 0 Å². The fraction of sp³-hybridized carbons (Fsp3) is 0.500. The summed E-state index contributed by atoms with van der Waals surface area (Å²) in [6.45, 7) is 0. The van der Waals surface area contributed by atoms with Crippen molar-refractivity contribution in [2.75, 3.05) is 0 Å². The maximum absolute atomic E-state index is 11.9. The van der Waals surface area contributed by atoms with Crippen LogP contribution >= 0.6 is 23.2 Å². The molecule has 0 rings (SSSR count). The Morgan fingerprint density at radius 3 is 1.64 bits per heavy atom. The van der Waals surface area contributed by atoms with E-state index in [4.69, 9.17) is 0 Å². The van der Waals surface area contributed by atoms with E-state index < -0.39 is 22.7 Å². The molecule has 0 aliphatic rings. The maximum atomic E-state index is 11.9. The van der Waals surface area contributed by atoms with Crippen molar-refractivity contribution in [1.29, 1.82) is 0 Å². The molecule has 66 valence electrons. The molecule has 0 amide bonds. The molecule has 0 saturated carbocycles. The van der Waals surface area contributed by atoms with E-state index in [9.17, 15) is 22.0 Å². The average Bonchev–Trinajstić information content (AvgIpc) is 1.85. The van der Waals surface area contributed by atoms with E-state index >= 15 is 0 Å². The number of hydrogen-bond donors (Lipinski definition) is 0. The molecule has 7 heteroatoms. The fourth-order valence-corrected chi connectivity index (χ4v) is 0.430. The lowest BCUT2D eigenvalue weighted by molar-refractivity contribution is -0.0949. The SMILES string of the molecule is FC(Cl)=C(Cl)C(F)(F)C(F)F. The first-order valence-corrected chi connectivity index (χ1v) is 2.93. The molecule has 11 heavy (non-hydrogen) atoms. The minimum Gasteiger partial charge on any atom is -0.203 e. The summed E-state index contributed by atoms with van der Waals surface area (Å²) in [6, 6.07) is 0. The maximum Gasteiger partial charge on any atom is 0.346 e. The van der Waals surface area contributed by atoms with Crippen molar-refractivity contribution in [3.63, 3.8) is 0 Å². The molecule has 0 nitrogen and oxygen atoms in total. The van der Waals surface area contributed by atoms with E-state index in [2.05, 4.69) is 23.2 Å². The number of alkyl halides is 4. The molecule has 0 aliphatic carbocycles. The van der Waals surface area contributed by atoms with Crippen molar-refractivity contribution in [2.24, 2.45) is 0 Å². The molecule has 0 unspecified atom stereocenters. The van der Waals surface area contributed by atoms with Crippen molar-refractivity contribution in [3.05, 3.63) is 10.3 Å². The van der Waals surface area contributed by atoms with Gasteiger partial charge in [-0.3, -0.25) is 0 Å². The van der Waals surface area contributed by atoms with Gasteiger partial charge in [0, 0.05) is 0 Å². The summed E-state index contributed by atoms with van der Waals surface area (Å²) in [5.41, 5.74) is 0. The molecule has 0 saturated heterocycles. The quantitative estimate of drug-likeness (QED) is 0.618. The highest BCUT2D eigenvalue weighted by molar-refractivity contribution is 6.38. The molecule has 0 heterocycles. The Labute approximate surface area is 68.6 Å². The van der Waals surface area contributed by atoms with Gasteiger partial charge in [-0.2, -0.15) is 13.2 Å². The first-order valence-electron chi connectivity index (χ1n) is 2.17. The van der Waals surface area contributed by atoms with Crippen LogP contribution in [0.15, 0.2) is 10.3 Å². The van der Waals surface area contributed by atoms with Crippen molar-refractivity contribution >= 4 is 23.2 Å². The van der Waals surface area contributed by atoms with Crippen LogP contribution in [0.25, 0.3) is 0 Å². The molecule has 0 aromatic rings. The lowest BCUT2D eigenvalue weighted by Gasteiger charge is -2.12. The van der Waals surface area contributed by atoms with Gasteiger partial charge in [0.2, 0.25) is 5.29 Å². The molecule has 0 N–H and O–H groups in total. The molecular weight excluding hydrogens is 214 g/mol. The van der Waals surface area contributed by atoms with Crippen LogP contribution in [0.5, 0.6) is 0 Å². The van der Waals surface area contributed by atoms with Crippen LogP contribution in [-0.4, -0.2) is 12.3 Å². The average molecular weight is 215 g/mol. The van der Waals surface area contributed by atoms with Gasteiger partial charge in [-0.15, -0.1) is 0 Å². The standard InChI is InChI=1S/C4HCl2F5/c5-1(2(6)7)4(10,11)3(8)9/h3H. The van der Waals surface area contributed by atoms with E-state index in [-0.39, 0.29) is 0 Å². The van der Waals surface area contributed by atoms with Crippen molar-refractivity contribution in [3.8, 4) is 0 Å². The van der Waals surface area contributed by atoms with Crippen LogP contribution in [0.4, 0.5) is 22.0 Å². The molecule has 0 aliphatic heterocycles. The molecule has 0 fully saturated rings. The van der Waals surface area contributed by atoms with Gasteiger partial charge < -0.3 is 0 Å². The first kappa shape index (κ1) is 11.0. The minimum atomic E-state index is -4.71. The van der Waals surface area contributed by atoms with E-state index in [0.717, 1.165) is 0 Å². The number of rotatable bonds is 2. The Morgan fingerprint density at radius 1 is 1.18 bits per heavy atom. The highest BCUT2D eigenvalue weighted by Crippen LogP contribution is 2.36. The van der Waals surface area contributed by atoms with Crippen molar-refractivity contribution in [2.45, 2.75) is 12.3 Å². The molecule has 0 aromatic carbocycles. The van der Waals surface area contributed by atoms with Gasteiger partial charge in [0.25, 0.3) is 0 Å². The van der Waals surface area contributed by atoms with E-state index in [1.807, 2.05) is 0 Å². The lowest BCUT2D eigenvalue weighted by Crippen LogP contribution is -2.27. The van der Waals surface area contributed by atoms with E-state index in [1.54, 1.807) is 0 Å². The second-order valence-electron chi connectivity index (χ2n) is 1.50. The minimum absolute atomic E-state index is 1.98. The summed E-state index contributed by atoms with van der Waals surface area (Å²) in [4.78, 5) is 0. The molecule has 0 atom stereocenters. The zero-order valence-electron chi connectivity index (χ0n) is 4.72. The van der Waals surface area contributed by atoms with Crippen LogP contribution in [-0.2, 0) is 0 Å². The van der Waals surface area contributed by atoms with Gasteiger partial charge in [0.05, 0.1) is 0 Å². The van der Waals surface area contributed by atoms with Gasteiger partial charge in [-0.05, 0) is 11.6 Å². The van der Waals surface area contributed by atoms with Crippen LogP contribution < -0.4 is 0 Å². The van der Waals surface area contributed by atoms with Crippen LogP contribution in [0.3, 0.4) is 0 Å². The number of allylic oxidation sites excluding steroid dienone is 1. The predicted octanol–water partition coefficient (Wildman–Crippen LogP) is 3.50. The Hall–Kier alpha value is -0.0300. The summed E-state index contributed by atoms with van der Waals surface area (Å²) in [7, 11) is 0. The molecule has 0 bridgehead atoms. The third-order valence-electron chi connectivity index (χ3n) is 0.733. The van der Waals surface area contributed by atoms with Crippen molar-refractivity contribution in [1.82, 2.24) is 0 Å². The summed E-state index contributed by atoms with van der Waals surface area (Å²) in [5.74, 6) is -4.71. The Morgan fingerprint density at radius 2 is 1.55 bits per heavy atom. The zero-order valence-corrected chi connectivity index (χ0v) is 6.23. The predicted molar refractivity (Wildman–Crippen MR) is 30.8 cm³/mol. The van der Waals surface area contributed by atoms with Crippen LogP contribution in [0, 0.1) is 0 Å². The summed E-state index contributed by atoms with van der Waals surface area (Å²) in [6.07, 6.45) is -4.07. The topological polar surface area (TPSA) is 0 Å². The van der Waals surface area contributed by atoms with Gasteiger partial charge in [-0.1, -0.05) is 11.6 Å². The van der Waals surface area contributed by atoms with Gasteiger partial charge in [0.1, 0.15) is 5.03 Å². The van der Waals surface area contributed by atoms with Crippen LogP contribution in [0.1, 0.15) is 0 Å². The smallest absolute Gasteiger partial charge is 0.203 e. The lowest BCUT2D eigenvalue weighted by atomic mass is 10.3. The molecule has 0 aromatic heterocycles. The third-order valence-corrected chi connectivity index (χ3v) is 1.44. The largest absolute Gasteiger partial charge is 0.346 e. The number of halogens is 7. The second-order valence-corrected chi connectivity index (χ2v) is 2.21. The summed E-state index contributed by atoms with van der Waals surface area (Å²) >= 11 is 8.77. The first-order chi connectivity index (χ1) is 4.80. The summed E-state index contributed by atoms with van der Waals surface area (Å²) in [5, 5.41) is -4.01. The Bertz CT molecular complexity index is 171. The highest BCUT2D eigenvalue weighted by Gasteiger charge is 2.46. The van der Waals surface area contributed by atoms with Gasteiger partial charge in [0.15, 0.2) is 0 Å². The third kappa shape index (κ3) is 2.48. The zero-order chi connectivity index (χ0) is 9.23. The fourth-order valence-electron chi connectivity index (χ4n) is 0.222.